The van der Waals surface area contributed by atoms with Gasteiger partial charge in [-0.3, -0.25) is 15.1 Å². The van der Waals surface area contributed by atoms with Crippen LogP contribution in [0.3, 0.4) is 0 Å². The zero-order valence-electron chi connectivity index (χ0n) is 11.8. The summed E-state index contributed by atoms with van der Waals surface area (Å²) in [4.78, 5) is 13.8. The third-order valence-corrected chi connectivity index (χ3v) is 2.84. The maximum absolute atomic E-state index is 11.7. The molecule has 0 saturated carbocycles. The lowest BCUT2D eigenvalue weighted by atomic mass is 10.0. The number of hydrogen-bond acceptors (Lipinski definition) is 4. The number of nitrogens with one attached hydrogen (secondary N) is 1. The fraction of sp³-hybridized carbons (Fsp3) is 0.500. The summed E-state index contributed by atoms with van der Waals surface area (Å²) in [5, 5.41) is 9.88. The largest absolute Gasteiger partial charge is 0.389 e. The average molecular weight is 265 g/mol. The summed E-state index contributed by atoms with van der Waals surface area (Å²) < 4.78 is 0. The van der Waals surface area contributed by atoms with Crippen molar-refractivity contribution in [2.75, 3.05) is 13.1 Å². The summed E-state index contributed by atoms with van der Waals surface area (Å²) in [6.07, 6.45) is 0. The van der Waals surface area contributed by atoms with Gasteiger partial charge in [-0.1, -0.05) is 25.1 Å². The number of benzene rings is 1. The highest BCUT2D eigenvalue weighted by molar-refractivity contribution is 5.95. The van der Waals surface area contributed by atoms with E-state index in [4.69, 9.17) is 5.84 Å². The Hall–Kier alpha value is -1.43. The number of carbonyl (C=O) groups is 1. The molecule has 0 saturated heterocycles. The minimum Gasteiger partial charge on any atom is -0.389 e. The van der Waals surface area contributed by atoms with Gasteiger partial charge in [0.1, 0.15) is 0 Å². The second-order valence-electron chi connectivity index (χ2n) is 5.25. The molecule has 0 atom stereocenters. The van der Waals surface area contributed by atoms with E-state index in [-0.39, 0.29) is 5.91 Å². The highest BCUT2D eigenvalue weighted by Gasteiger charge is 2.19. The van der Waals surface area contributed by atoms with Gasteiger partial charge >= 0.3 is 0 Å². The van der Waals surface area contributed by atoms with Crippen molar-refractivity contribution in [1.29, 1.82) is 0 Å². The van der Waals surface area contributed by atoms with Crippen LogP contribution in [0.4, 0.5) is 0 Å². The fourth-order valence-corrected chi connectivity index (χ4v) is 2.03. The fourth-order valence-electron chi connectivity index (χ4n) is 2.03. The van der Waals surface area contributed by atoms with Gasteiger partial charge in [0.2, 0.25) is 0 Å². The molecule has 4 N–H and O–H groups in total. The molecule has 1 rings (SSSR count). The summed E-state index contributed by atoms with van der Waals surface area (Å²) in [6.45, 7) is 7.51. The molecule has 0 aliphatic carbocycles. The lowest BCUT2D eigenvalue weighted by Gasteiger charge is -2.28. The molecular weight excluding hydrogens is 242 g/mol. The van der Waals surface area contributed by atoms with Crippen LogP contribution in [0.25, 0.3) is 0 Å². The third-order valence-electron chi connectivity index (χ3n) is 2.84. The van der Waals surface area contributed by atoms with Gasteiger partial charge in [-0.05, 0) is 32.0 Å². The van der Waals surface area contributed by atoms with E-state index < -0.39 is 5.60 Å². The predicted octanol–water partition coefficient (Wildman–Crippen LogP) is 0.883. The minimum absolute atomic E-state index is 0.296. The van der Waals surface area contributed by atoms with Gasteiger partial charge in [0, 0.05) is 18.7 Å². The molecule has 0 radical (unpaired) electrons. The molecule has 1 aromatic rings. The summed E-state index contributed by atoms with van der Waals surface area (Å²) in [5.74, 6) is 4.89. The summed E-state index contributed by atoms with van der Waals surface area (Å²) in [5.41, 5.74) is 2.86. The number of hydrazine groups is 1. The lowest BCUT2D eigenvalue weighted by molar-refractivity contribution is 0.0353. The van der Waals surface area contributed by atoms with Crippen LogP contribution in [0, 0.1) is 0 Å². The van der Waals surface area contributed by atoms with E-state index in [1.165, 1.54) is 0 Å². The Labute approximate surface area is 114 Å². The predicted molar refractivity (Wildman–Crippen MR) is 75.3 cm³/mol. The Bertz CT molecular complexity index is 427. The molecule has 0 spiro atoms. The number of rotatable bonds is 6. The van der Waals surface area contributed by atoms with Gasteiger partial charge in [0.15, 0.2) is 0 Å². The van der Waals surface area contributed by atoms with E-state index in [1.807, 2.05) is 19.1 Å². The molecule has 5 nitrogen and oxygen atoms in total. The zero-order chi connectivity index (χ0) is 14.5. The van der Waals surface area contributed by atoms with Crippen molar-refractivity contribution < 1.29 is 9.90 Å². The molecule has 0 fully saturated rings. The topological polar surface area (TPSA) is 78.6 Å². The molecule has 106 valence electrons. The minimum atomic E-state index is -0.763. The lowest BCUT2D eigenvalue weighted by Crippen LogP contribution is -2.38. The van der Waals surface area contributed by atoms with Crippen molar-refractivity contribution >= 4 is 5.91 Å². The molecular formula is C14H23N3O2. The maximum atomic E-state index is 11.7. The first-order chi connectivity index (χ1) is 8.87. The first-order valence-electron chi connectivity index (χ1n) is 6.41. The molecule has 1 aromatic carbocycles. The van der Waals surface area contributed by atoms with Crippen molar-refractivity contribution in [1.82, 2.24) is 10.3 Å². The molecule has 0 aromatic heterocycles. The summed E-state index contributed by atoms with van der Waals surface area (Å²) in [7, 11) is 0. The average Bonchev–Trinajstić information content (AvgIpc) is 2.36. The van der Waals surface area contributed by atoms with Gasteiger partial charge in [-0.15, -0.1) is 0 Å². The van der Waals surface area contributed by atoms with E-state index in [9.17, 15) is 9.90 Å². The number of aliphatic hydroxyl groups is 1. The van der Waals surface area contributed by atoms with Crippen LogP contribution in [-0.2, 0) is 6.54 Å². The molecule has 5 heteroatoms. The number of carbonyl (C=O) groups excluding carboxylic acids is 1. The quantitative estimate of drug-likeness (QED) is 0.405. The molecule has 0 aliphatic heterocycles. The Balaban J connectivity index is 2.88. The van der Waals surface area contributed by atoms with Crippen LogP contribution in [0.1, 0.15) is 36.7 Å². The SMILES string of the molecule is CCN(Cc1ccccc1C(=O)NN)CC(C)(C)O. The normalized spacial score (nSPS) is 11.7. The van der Waals surface area contributed by atoms with Crippen LogP contribution >= 0.6 is 0 Å². The van der Waals surface area contributed by atoms with E-state index >= 15 is 0 Å². The van der Waals surface area contributed by atoms with Crippen molar-refractivity contribution in [3.05, 3.63) is 35.4 Å². The van der Waals surface area contributed by atoms with Crippen LogP contribution in [0.5, 0.6) is 0 Å². The second kappa shape index (κ2) is 6.65. The van der Waals surface area contributed by atoms with Gasteiger partial charge in [0.05, 0.1) is 5.60 Å². The van der Waals surface area contributed by atoms with Crippen molar-refractivity contribution in [2.45, 2.75) is 32.9 Å². The number of nitrogens with zero attached hydrogens (tertiary/aromatic N) is 1. The van der Waals surface area contributed by atoms with Gasteiger partial charge in [-0.2, -0.15) is 0 Å². The van der Waals surface area contributed by atoms with Crippen molar-refractivity contribution in [3.63, 3.8) is 0 Å². The Morgan fingerprint density at radius 2 is 2.05 bits per heavy atom. The summed E-state index contributed by atoms with van der Waals surface area (Å²) in [6, 6.07) is 7.34. The standard InChI is InChI=1S/C14H23N3O2/c1-4-17(10-14(2,3)19)9-11-7-5-6-8-12(11)13(18)16-15/h5-8,19H,4,9-10,15H2,1-3H3,(H,16,18). The number of nitrogen functional groups attached to an aromatic ring is 1. The maximum Gasteiger partial charge on any atom is 0.265 e. The van der Waals surface area contributed by atoms with Crippen LogP contribution < -0.4 is 11.3 Å². The first-order valence-corrected chi connectivity index (χ1v) is 6.41. The van der Waals surface area contributed by atoms with Gasteiger partial charge in [0.25, 0.3) is 5.91 Å². The van der Waals surface area contributed by atoms with Gasteiger partial charge in [-0.25, -0.2) is 5.84 Å². The number of amides is 1. The van der Waals surface area contributed by atoms with Crippen LogP contribution in [0.2, 0.25) is 0 Å². The monoisotopic (exact) mass is 265 g/mol. The molecule has 0 aliphatic rings. The summed E-state index contributed by atoms with van der Waals surface area (Å²) >= 11 is 0. The van der Waals surface area contributed by atoms with E-state index in [0.717, 1.165) is 12.1 Å². The van der Waals surface area contributed by atoms with E-state index in [1.54, 1.807) is 26.0 Å². The second-order valence-corrected chi connectivity index (χ2v) is 5.25. The third kappa shape index (κ3) is 4.98. The Morgan fingerprint density at radius 1 is 1.42 bits per heavy atom. The molecule has 0 bridgehead atoms. The van der Waals surface area contributed by atoms with Gasteiger partial charge < -0.3 is 5.11 Å². The molecule has 0 heterocycles. The number of likely N-dealkylation sites (N-methyl/N-ethyl adjacent to an activating group) is 1. The molecule has 19 heavy (non-hydrogen) atoms. The van der Waals surface area contributed by atoms with Crippen molar-refractivity contribution in [3.8, 4) is 0 Å². The Kier molecular flexibility index (Phi) is 5.47. The highest BCUT2D eigenvalue weighted by Crippen LogP contribution is 2.14. The first kappa shape index (κ1) is 15.6. The molecule has 1 amide bonds. The zero-order valence-corrected chi connectivity index (χ0v) is 11.8. The van der Waals surface area contributed by atoms with Crippen LogP contribution in [-0.4, -0.2) is 34.6 Å². The van der Waals surface area contributed by atoms with E-state index in [0.29, 0.717) is 18.7 Å². The number of nitrogens with two attached hydrogens (primary N) is 1. The molecule has 0 unspecified atom stereocenters. The smallest absolute Gasteiger partial charge is 0.265 e. The van der Waals surface area contributed by atoms with Crippen LogP contribution in [0.15, 0.2) is 24.3 Å². The Morgan fingerprint density at radius 3 is 2.58 bits per heavy atom. The highest BCUT2D eigenvalue weighted by atomic mass is 16.3. The number of hydrogen-bond donors (Lipinski definition) is 3. The van der Waals surface area contributed by atoms with Crippen molar-refractivity contribution in [2.24, 2.45) is 5.84 Å². The van der Waals surface area contributed by atoms with E-state index in [2.05, 4.69) is 10.3 Å².